The molecule has 0 spiro atoms. The number of carbonyl (C=O) groups is 1. The zero-order valence-corrected chi connectivity index (χ0v) is 15.0. The summed E-state index contributed by atoms with van der Waals surface area (Å²) >= 11 is 6.00. The van der Waals surface area contributed by atoms with Crippen molar-refractivity contribution in [2.24, 2.45) is 0 Å². The largest absolute Gasteiger partial charge is 0.368 e. The first-order valence-electron chi connectivity index (χ1n) is 8.38. The van der Waals surface area contributed by atoms with Crippen molar-refractivity contribution in [3.63, 3.8) is 0 Å². The Morgan fingerprint density at radius 1 is 1.04 bits per heavy atom. The van der Waals surface area contributed by atoms with Crippen LogP contribution in [-0.4, -0.2) is 37.0 Å². The molecule has 1 aliphatic rings. The highest BCUT2D eigenvalue weighted by Gasteiger charge is 2.22. The molecule has 1 aliphatic heterocycles. The lowest BCUT2D eigenvalue weighted by molar-refractivity contribution is -0.130. The molecular weight excluding hydrogens is 320 g/mol. The third-order valence-electron chi connectivity index (χ3n) is 4.79. The number of amides is 1. The second-order valence-corrected chi connectivity index (χ2v) is 6.83. The van der Waals surface area contributed by atoms with Crippen LogP contribution in [0.15, 0.2) is 42.5 Å². The van der Waals surface area contributed by atoms with E-state index < -0.39 is 0 Å². The van der Waals surface area contributed by atoms with Gasteiger partial charge in [-0.05, 0) is 48.7 Å². The first kappa shape index (κ1) is 16.8. The van der Waals surface area contributed by atoms with Crippen LogP contribution in [0.3, 0.4) is 0 Å². The molecule has 4 heteroatoms. The molecule has 24 heavy (non-hydrogen) atoms. The van der Waals surface area contributed by atoms with Crippen molar-refractivity contribution in [3.8, 4) is 0 Å². The summed E-state index contributed by atoms with van der Waals surface area (Å²) in [5.41, 5.74) is 4.91. The molecule has 126 valence electrons. The molecule has 3 nitrogen and oxygen atoms in total. The molecule has 1 fully saturated rings. The number of piperazine rings is 1. The number of nitrogens with zero attached hydrogens (tertiary/aromatic N) is 2. The van der Waals surface area contributed by atoms with Gasteiger partial charge in [0, 0.05) is 36.9 Å². The summed E-state index contributed by atoms with van der Waals surface area (Å²) in [4.78, 5) is 16.8. The minimum atomic E-state index is 0.179. The highest BCUT2D eigenvalue weighted by atomic mass is 35.5. The number of rotatable bonds is 3. The number of carbonyl (C=O) groups excluding carboxylic acids is 1. The summed E-state index contributed by atoms with van der Waals surface area (Å²) < 4.78 is 0. The van der Waals surface area contributed by atoms with E-state index in [1.165, 1.54) is 16.8 Å². The third kappa shape index (κ3) is 3.73. The van der Waals surface area contributed by atoms with Crippen LogP contribution in [0.25, 0.3) is 0 Å². The standard InChI is InChI=1S/C20H23ClN2O/c1-15-5-3-8-19(16(15)2)22-9-11-23(12-10-22)20(24)14-17-6-4-7-18(21)13-17/h3-8,13H,9-12,14H2,1-2H3. The number of hydrogen-bond donors (Lipinski definition) is 0. The van der Waals surface area contributed by atoms with E-state index in [1.54, 1.807) is 0 Å². The molecule has 0 bridgehead atoms. The lowest BCUT2D eigenvalue weighted by Gasteiger charge is -2.37. The average Bonchev–Trinajstić information content (AvgIpc) is 2.57. The first-order chi connectivity index (χ1) is 11.5. The van der Waals surface area contributed by atoms with Gasteiger partial charge in [0.05, 0.1) is 6.42 Å². The number of anilines is 1. The van der Waals surface area contributed by atoms with Gasteiger partial charge in [0.1, 0.15) is 0 Å². The normalized spacial score (nSPS) is 14.8. The van der Waals surface area contributed by atoms with Crippen molar-refractivity contribution in [3.05, 3.63) is 64.2 Å². The van der Waals surface area contributed by atoms with Crippen LogP contribution >= 0.6 is 11.6 Å². The average molecular weight is 343 g/mol. The van der Waals surface area contributed by atoms with Crippen LogP contribution in [0, 0.1) is 13.8 Å². The van der Waals surface area contributed by atoms with Crippen LogP contribution in [0.4, 0.5) is 5.69 Å². The highest BCUT2D eigenvalue weighted by Crippen LogP contribution is 2.24. The topological polar surface area (TPSA) is 23.6 Å². The predicted octanol–water partition coefficient (Wildman–Crippen LogP) is 3.85. The third-order valence-corrected chi connectivity index (χ3v) is 5.03. The van der Waals surface area contributed by atoms with Gasteiger partial charge in [-0.3, -0.25) is 4.79 Å². The van der Waals surface area contributed by atoms with Crippen molar-refractivity contribution in [2.75, 3.05) is 31.1 Å². The molecule has 0 saturated carbocycles. The maximum absolute atomic E-state index is 12.5. The summed E-state index contributed by atoms with van der Waals surface area (Å²) in [6.45, 7) is 7.61. The second-order valence-electron chi connectivity index (χ2n) is 6.39. The molecule has 2 aromatic carbocycles. The number of halogens is 1. The fraction of sp³-hybridized carbons (Fsp3) is 0.350. The lowest BCUT2D eigenvalue weighted by Crippen LogP contribution is -2.49. The molecule has 0 N–H and O–H groups in total. The van der Waals surface area contributed by atoms with Crippen molar-refractivity contribution in [2.45, 2.75) is 20.3 Å². The maximum atomic E-state index is 12.5. The summed E-state index contributed by atoms with van der Waals surface area (Å²) in [5.74, 6) is 0.179. The minimum Gasteiger partial charge on any atom is -0.368 e. The van der Waals surface area contributed by atoms with Gasteiger partial charge in [0.25, 0.3) is 0 Å². The van der Waals surface area contributed by atoms with E-state index in [-0.39, 0.29) is 5.91 Å². The smallest absolute Gasteiger partial charge is 0.227 e. The van der Waals surface area contributed by atoms with E-state index in [0.717, 1.165) is 31.7 Å². The summed E-state index contributed by atoms with van der Waals surface area (Å²) in [6, 6.07) is 14.0. The highest BCUT2D eigenvalue weighted by molar-refractivity contribution is 6.30. The van der Waals surface area contributed by atoms with Gasteiger partial charge in [0.15, 0.2) is 0 Å². The maximum Gasteiger partial charge on any atom is 0.227 e. The number of benzene rings is 2. The molecule has 1 heterocycles. The Morgan fingerprint density at radius 2 is 1.75 bits per heavy atom. The molecule has 1 amide bonds. The number of hydrogen-bond acceptors (Lipinski definition) is 2. The predicted molar refractivity (Wildman–Crippen MR) is 99.9 cm³/mol. The molecule has 0 aromatic heterocycles. The van der Waals surface area contributed by atoms with Gasteiger partial charge in [-0.2, -0.15) is 0 Å². The summed E-state index contributed by atoms with van der Waals surface area (Å²) in [7, 11) is 0. The Hall–Kier alpha value is -2.00. The first-order valence-corrected chi connectivity index (χ1v) is 8.76. The zero-order valence-electron chi connectivity index (χ0n) is 14.3. The molecule has 3 rings (SSSR count). The van der Waals surface area contributed by atoms with Gasteiger partial charge < -0.3 is 9.80 Å². The lowest BCUT2D eigenvalue weighted by atomic mass is 10.1. The molecule has 1 saturated heterocycles. The minimum absolute atomic E-state index is 0.179. The Kier molecular flexibility index (Phi) is 5.10. The summed E-state index contributed by atoms with van der Waals surface area (Å²) in [5, 5.41) is 0.681. The Balaban J connectivity index is 1.60. The molecule has 0 radical (unpaired) electrons. The van der Waals surface area contributed by atoms with Crippen molar-refractivity contribution < 1.29 is 4.79 Å². The Labute approximate surface area is 148 Å². The second kappa shape index (κ2) is 7.27. The van der Waals surface area contributed by atoms with Gasteiger partial charge >= 0.3 is 0 Å². The van der Waals surface area contributed by atoms with E-state index in [9.17, 15) is 4.79 Å². The molecule has 0 aliphatic carbocycles. The molecular formula is C20H23ClN2O. The molecule has 0 atom stereocenters. The quantitative estimate of drug-likeness (QED) is 0.846. The van der Waals surface area contributed by atoms with Gasteiger partial charge in [-0.15, -0.1) is 0 Å². The van der Waals surface area contributed by atoms with E-state index in [4.69, 9.17) is 11.6 Å². The van der Waals surface area contributed by atoms with E-state index in [2.05, 4.69) is 36.9 Å². The van der Waals surface area contributed by atoms with Crippen molar-refractivity contribution in [1.29, 1.82) is 0 Å². The van der Waals surface area contributed by atoms with Gasteiger partial charge in [-0.1, -0.05) is 35.9 Å². The fourth-order valence-electron chi connectivity index (χ4n) is 3.21. The van der Waals surface area contributed by atoms with Gasteiger partial charge in [-0.25, -0.2) is 0 Å². The monoisotopic (exact) mass is 342 g/mol. The Morgan fingerprint density at radius 3 is 2.46 bits per heavy atom. The van der Waals surface area contributed by atoms with E-state index in [1.807, 2.05) is 29.2 Å². The van der Waals surface area contributed by atoms with Crippen LogP contribution in [0.2, 0.25) is 5.02 Å². The van der Waals surface area contributed by atoms with Crippen molar-refractivity contribution >= 4 is 23.2 Å². The zero-order chi connectivity index (χ0) is 17.1. The van der Waals surface area contributed by atoms with Crippen LogP contribution in [0.5, 0.6) is 0 Å². The van der Waals surface area contributed by atoms with Crippen LogP contribution < -0.4 is 4.90 Å². The number of aryl methyl sites for hydroxylation is 1. The van der Waals surface area contributed by atoms with Crippen molar-refractivity contribution in [1.82, 2.24) is 4.90 Å². The van der Waals surface area contributed by atoms with Crippen LogP contribution in [-0.2, 0) is 11.2 Å². The molecule has 2 aromatic rings. The molecule has 0 unspecified atom stereocenters. The van der Waals surface area contributed by atoms with E-state index in [0.29, 0.717) is 11.4 Å². The fourth-order valence-corrected chi connectivity index (χ4v) is 3.42. The Bertz CT molecular complexity index is 736. The van der Waals surface area contributed by atoms with Gasteiger partial charge in [0.2, 0.25) is 5.91 Å². The van der Waals surface area contributed by atoms with E-state index >= 15 is 0 Å². The SMILES string of the molecule is Cc1cccc(N2CCN(C(=O)Cc3cccc(Cl)c3)CC2)c1C. The van der Waals surface area contributed by atoms with Crippen LogP contribution in [0.1, 0.15) is 16.7 Å². The summed E-state index contributed by atoms with van der Waals surface area (Å²) in [6.07, 6.45) is 0.421.